The van der Waals surface area contributed by atoms with Crippen molar-refractivity contribution in [1.29, 1.82) is 0 Å². The Balaban J connectivity index is 1.45. The highest BCUT2D eigenvalue weighted by atomic mass is 16.6. The van der Waals surface area contributed by atoms with Crippen molar-refractivity contribution in [2.45, 2.75) is 18.2 Å². The Hall–Kier alpha value is -4.33. The first-order valence-corrected chi connectivity index (χ1v) is 11.4. The van der Waals surface area contributed by atoms with Gasteiger partial charge in [-0.25, -0.2) is 9.59 Å². The number of ether oxygens (including phenoxy) is 1. The van der Waals surface area contributed by atoms with Crippen molar-refractivity contribution >= 4 is 18.1 Å². The predicted octanol–water partition coefficient (Wildman–Crippen LogP) is 3.67. The standard InChI is InChI=1S/C27H25N3O5/c31-24(20-13-11-19(12-14-20)17-28-25(32)33)29-15-16-30-23(18-29)27(35-26(30)34,21-7-3-1-4-8-21)22-9-5-2-6-10-22/h1-14,23,28H,15-18H2,(H,32,33). The van der Waals surface area contributed by atoms with Crippen LogP contribution in [0.25, 0.3) is 0 Å². The summed E-state index contributed by atoms with van der Waals surface area (Å²) in [4.78, 5) is 40.6. The Labute approximate surface area is 202 Å². The number of hydrogen-bond donors (Lipinski definition) is 2. The number of benzene rings is 3. The van der Waals surface area contributed by atoms with E-state index in [9.17, 15) is 14.4 Å². The smallest absolute Gasteiger partial charge is 0.411 e. The van der Waals surface area contributed by atoms with E-state index in [4.69, 9.17) is 9.84 Å². The van der Waals surface area contributed by atoms with Gasteiger partial charge in [0.15, 0.2) is 5.60 Å². The third-order valence-corrected chi connectivity index (χ3v) is 6.67. The zero-order valence-corrected chi connectivity index (χ0v) is 19.0. The van der Waals surface area contributed by atoms with Gasteiger partial charge in [0.1, 0.15) is 6.04 Å². The Bertz CT molecular complexity index is 1190. The number of rotatable bonds is 5. The van der Waals surface area contributed by atoms with Crippen molar-refractivity contribution in [3.8, 4) is 0 Å². The van der Waals surface area contributed by atoms with Crippen LogP contribution in [0.1, 0.15) is 27.0 Å². The molecule has 178 valence electrons. The molecule has 3 aromatic carbocycles. The highest BCUT2D eigenvalue weighted by Crippen LogP contribution is 2.45. The fraction of sp³-hybridized carbons (Fsp3) is 0.222. The van der Waals surface area contributed by atoms with Gasteiger partial charge in [-0.3, -0.25) is 9.69 Å². The Kier molecular flexibility index (Phi) is 5.86. The molecule has 0 radical (unpaired) electrons. The van der Waals surface area contributed by atoms with E-state index in [0.717, 1.165) is 16.7 Å². The van der Waals surface area contributed by atoms with Gasteiger partial charge in [0.05, 0.1) is 0 Å². The molecule has 2 aliphatic rings. The van der Waals surface area contributed by atoms with Crippen LogP contribution in [0.15, 0.2) is 84.9 Å². The molecular weight excluding hydrogens is 446 g/mol. The van der Waals surface area contributed by atoms with E-state index < -0.39 is 17.7 Å². The van der Waals surface area contributed by atoms with Crippen LogP contribution < -0.4 is 5.32 Å². The Morgan fingerprint density at radius 1 is 0.914 bits per heavy atom. The third kappa shape index (κ3) is 4.07. The Morgan fingerprint density at radius 2 is 1.51 bits per heavy atom. The van der Waals surface area contributed by atoms with Gasteiger partial charge < -0.3 is 20.1 Å². The summed E-state index contributed by atoms with van der Waals surface area (Å²) in [7, 11) is 0. The Morgan fingerprint density at radius 3 is 2.09 bits per heavy atom. The summed E-state index contributed by atoms with van der Waals surface area (Å²) in [5.74, 6) is -0.142. The molecule has 35 heavy (non-hydrogen) atoms. The SMILES string of the molecule is O=C(O)NCc1ccc(C(=O)N2CCN3C(=O)OC(c4ccccc4)(c4ccccc4)C3C2)cc1. The number of piperazine rings is 1. The minimum absolute atomic E-state index is 0.142. The molecule has 3 aromatic rings. The molecule has 3 amide bonds. The van der Waals surface area contributed by atoms with Crippen LogP contribution in [0.4, 0.5) is 9.59 Å². The van der Waals surface area contributed by atoms with Crippen LogP contribution in [-0.2, 0) is 16.9 Å². The zero-order chi connectivity index (χ0) is 24.4. The average molecular weight is 472 g/mol. The lowest BCUT2D eigenvalue weighted by Crippen LogP contribution is -2.58. The summed E-state index contributed by atoms with van der Waals surface area (Å²) >= 11 is 0. The van der Waals surface area contributed by atoms with Crippen molar-refractivity contribution < 1.29 is 24.2 Å². The van der Waals surface area contributed by atoms with E-state index in [2.05, 4.69) is 5.32 Å². The van der Waals surface area contributed by atoms with Crippen molar-refractivity contribution in [2.75, 3.05) is 19.6 Å². The van der Waals surface area contributed by atoms with Gasteiger partial charge in [0.25, 0.3) is 5.91 Å². The largest absolute Gasteiger partial charge is 0.465 e. The molecule has 2 saturated heterocycles. The summed E-state index contributed by atoms with van der Waals surface area (Å²) in [6, 6.07) is 25.8. The summed E-state index contributed by atoms with van der Waals surface area (Å²) in [6.45, 7) is 1.25. The lowest BCUT2D eigenvalue weighted by Gasteiger charge is -2.42. The molecular formula is C27H25N3O5. The van der Waals surface area contributed by atoms with Gasteiger partial charge >= 0.3 is 12.2 Å². The second-order valence-electron chi connectivity index (χ2n) is 8.65. The van der Waals surface area contributed by atoms with Crippen molar-refractivity contribution in [1.82, 2.24) is 15.1 Å². The van der Waals surface area contributed by atoms with Gasteiger partial charge in [-0.1, -0.05) is 72.8 Å². The minimum atomic E-state index is -1.10. The fourth-order valence-electron chi connectivity index (χ4n) is 4.96. The number of carbonyl (C=O) groups is 3. The van der Waals surface area contributed by atoms with Crippen LogP contribution in [0.5, 0.6) is 0 Å². The van der Waals surface area contributed by atoms with Crippen molar-refractivity contribution in [2.24, 2.45) is 0 Å². The monoisotopic (exact) mass is 471 g/mol. The van der Waals surface area contributed by atoms with Gasteiger partial charge in [0.2, 0.25) is 0 Å². The first-order chi connectivity index (χ1) is 17.0. The van der Waals surface area contributed by atoms with Gasteiger partial charge in [0, 0.05) is 42.9 Å². The fourth-order valence-corrected chi connectivity index (χ4v) is 4.96. The number of nitrogens with zero attached hydrogens (tertiary/aromatic N) is 2. The van der Waals surface area contributed by atoms with Gasteiger partial charge in [-0.05, 0) is 17.7 Å². The van der Waals surface area contributed by atoms with Gasteiger partial charge in [-0.15, -0.1) is 0 Å². The van der Waals surface area contributed by atoms with E-state index in [1.54, 1.807) is 34.1 Å². The van der Waals surface area contributed by atoms with Crippen LogP contribution in [0, 0.1) is 0 Å². The minimum Gasteiger partial charge on any atom is -0.465 e. The molecule has 8 heteroatoms. The molecule has 2 aliphatic heterocycles. The molecule has 0 saturated carbocycles. The first-order valence-electron chi connectivity index (χ1n) is 11.4. The third-order valence-electron chi connectivity index (χ3n) is 6.67. The number of amides is 3. The maximum absolute atomic E-state index is 13.4. The highest BCUT2D eigenvalue weighted by molar-refractivity contribution is 5.94. The number of hydrogen-bond acceptors (Lipinski definition) is 4. The topological polar surface area (TPSA) is 99.2 Å². The van der Waals surface area contributed by atoms with E-state index in [1.807, 2.05) is 60.7 Å². The molecule has 0 aliphatic carbocycles. The molecule has 0 bridgehead atoms. The molecule has 1 atom stereocenters. The highest BCUT2D eigenvalue weighted by Gasteiger charge is 2.58. The second-order valence-corrected chi connectivity index (χ2v) is 8.65. The van der Waals surface area contributed by atoms with E-state index >= 15 is 0 Å². The van der Waals surface area contributed by atoms with Crippen LogP contribution >= 0.6 is 0 Å². The molecule has 0 spiro atoms. The number of nitrogens with one attached hydrogen (secondary N) is 1. The lowest BCUT2D eigenvalue weighted by molar-refractivity contribution is 0.0372. The zero-order valence-electron chi connectivity index (χ0n) is 19.0. The predicted molar refractivity (Wildman–Crippen MR) is 128 cm³/mol. The summed E-state index contributed by atoms with van der Waals surface area (Å²) < 4.78 is 6.16. The first kappa shape index (κ1) is 22.5. The van der Waals surface area contributed by atoms with Crippen molar-refractivity contribution in [3.05, 3.63) is 107 Å². The second kappa shape index (κ2) is 9.13. The summed E-state index contributed by atoms with van der Waals surface area (Å²) in [6.07, 6.45) is -1.48. The molecule has 0 aromatic heterocycles. The molecule has 2 N–H and O–H groups in total. The average Bonchev–Trinajstić information content (AvgIpc) is 3.21. The van der Waals surface area contributed by atoms with Crippen LogP contribution in [-0.4, -0.2) is 58.7 Å². The summed E-state index contributed by atoms with van der Waals surface area (Å²) in [5, 5.41) is 11.1. The van der Waals surface area contributed by atoms with Crippen LogP contribution in [0.2, 0.25) is 0 Å². The molecule has 2 heterocycles. The van der Waals surface area contributed by atoms with E-state index in [0.29, 0.717) is 25.2 Å². The summed E-state index contributed by atoms with van der Waals surface area (Å²) in [5.41, 5.74) is 1.95. The van der Waals surface area contributed by atoms with E-state index in [1.165, 1.54) is 0 Å². The lowest BCUT2D eigenvalue weighted by atomic mass is 9.79. The molecule has 2 fully saturated rings. The molecule has 5 rings (SSSR count). The molecule has 8 nitrogen and oxygen atoms in total. The maximum Gasteiger partial charge on any atom is 0.411 e. The number of cyclic esters (lactones) is 1. The van der Waals surface area contributed by atoms with Crippen LogP contribution in [0.3, 0.4) is 0 Å². The number of carbonyl (C=O) groups excluding carboxylic acids is 2. The van der Waals surface area contributed by atoms with E-state index in [-0.39, 0.29) is 18.5 Å². The normalized spacial score (nSPS) is 18.5. The van der Waals surface area contributed by atoms with Gasteiger partial charge in [-0.2, -0.15) is 0 Å². The number of carboxylic acid groups (broad SMARTS) is 1. The quantitative estimate of drug-likeness (QED) is 0.592. The van der Waals surface area contributed by atoms with Crippen molar-refractivity contribution in [3.63, 3.8) is 0 Å². The molecule has 1 unspecified atom stereocenters. The maximum atomic E-state index is 13.4. The number of fused-ring (bicyclic) bond motifs is 1.